The highest BCUT2D eigenvalue weighted by atomic mass is 16.5. The minimum atomic E-state index is 0.340. The number of aromatic nitrogens is 4. The van der Waals surface area contributed by atoms with Crippen molar-refractivity contribution in [3.63, 3.8) is 0 Å². The number of H-pyrrole nitrogens is 1. The molecule has 0 atom stereocenters. The van der Waals surface area contributed by atoms with Gasteiger partial charge in [-0.1, -0.05) is 12.8 Å². The Hall–Kier alpha value is -1.69. The van der Waals surface area contributed by atoms with Crippen molar-refractivity contribution in [1.82, 2.24) is 19.9 Å². The third-order valence-corrected chi connectivity index (χ3v) is 4.50. The zero-order valence-corrected chi connectivity index (χ0v) is 12.6. The maximum absolute atomic E-state index is 5.56. The average molecular weight is 289 g/mol. The van der Waals surface area contributed by atoms with Gasteiger partial charge in [0.2, 0.25) is 0 Å². The fourth-order valence-electron chi connectivity index (χ4n) is 3.24. The van der Waals surface area contributed by atoms with Gasteiger partial charge < -0.3 is 15.0 Å². The quantitative estimate of drug-likeness (QED) is 0.767. The molecule has 114 valence electrons. The van der Waals surface area contributed by atoms with Crippen LogP contribution < -0.4 is 5.32 Å². The fourth-order valence-corrected chi connectivity index (χ4v) is 3.24. The van der Waals surface area contributed by atoms with E-state index in [1.807, 2.05) is 0 Å². The molecule has 0 radical (unpaired) electrons. The number of nitrogens with zero attached hydrogens (tertiary/aromatic N) is 3. The highest BCUT2D eigenvalue weighted by Gasteiger charge is 2.33. The first-order valence-corrected chi connectivity index (χ1v) is 7.79. The lowest BCUT2D eigenvalue weighted by Gasteiger charge is -2.29. The maximum Gasteiger partial charge on any atom is 0.182 e. The van der Waals surface area contributed by atoms with Gasteiger partial charge in [0, 0.05) is 19.8 Å². The molecule has 2 aromatic heterocycles. The molecule has 0 bridgehead atoms. The smallest absolute Gasteiger partial charge is 0.182 e. The Balaban J connectivity index is 1.68. The molecule has 1 saturated carbocycles. The van der Waals surface area contributed by atoms with Crippen LogP contribution in [0, 0.1) is 5.41 Å². The van der Waals surface area contributed by atoms with E-state index in [9.17, 15) is 0 Å². The van der Waals surface area contributed by atoms with E-state index < -0.39 is 0 Å². The predicted octanol–water partition coefficient (Wildman–Crippen LogP) is 2.75. The average Bonchev–Trinajstić information content (AvgIpc) is 3.15. The first kappa shape index (κ1) is 14.3. The van der Waals surface area contributed by atoms with Crippen molar-refractivity contribution in [2.75, 3.05) is 25.1 Å². The van der Waals surface area contributed by atoms with E-state index in [4.69, 9.17) is 4.74 Å². The molecule has 2 aromatic rings. The van der Waals surface area contributed by atoms with Gasteiger partial charge >= 0.3 is 0 Å². The molecule has 1 aliphatic carbocycles. The van der Waals surface area contributed by atoms with Gasteiger partial charge in [-0.3, -0.25) is 0 Å². The van der Waals surface area contributed by atoms with E-state index in [0.29, 0.717) is 11.1 Å². The summed E-state index contributed by atoms with van der Waals surface area (Å²) in [6.45, 7) is 4.63. The summed E-state index contributed by atoms with van der Waals surface area (Å²) in [5, 5.41) is 3.51. The molecule has 0 aromatic carbocycles. The van der Waals surface area contributed by atoms with E-state index in [2.05, 4.69) is 32.2 Å². The van der Waals surface area contributed by atoms with Gasteiger partial charge in [-0.25, -0.2) is 15.0 Å². The highest BCUT2D eigenvalue weighted by Crippen LogP contribution is 2.41. The number of ether oxygens (including phenoxy) is 1. The topological polar surface area (TPSA) is 75.7 Å². The van der Waals surface area contributed by atoms with Crippen molar-refractivity contribution >= 4 is 17.0 Å². The molecule has 0 amide bonds. The van der Waals surface area contributed by atoms with Gasteiger partial charge in [0.25, 0.3) is 0 Å². The first-order chi connectivity index (χ1) is 10.3. The van der Waals surface area contributed by atoms with E-state index in [0.717, 1.165) is 37.5 Å². The zero-order chi connectivity index (χ0) is 14.5. The van der Waals surface area contributed by atoms with Crippen molar-refractivity contribution < 1.29 is 4.74 Å². The van der Waals surface area contributed by atoms with Crippen molar-refractivity contribution in [2.24, 2.45) is 5.41 Å². The number of hydrogen-bond donors (Lipinski definition) is 2. The van der Waals surface area contributed by atoms with Crippen molar-refractivity contribution in [2.45, 2.75) is 39.0 Å². The zero-order valence-electron chi connectivity index (χ0n) is 12.6. The normalized spacial score (nSPS) is 17.4. The second-order valence-electron chi connectivity index (χ2n) is 5.83. The van der Waals surface area contributed by atoms with Crippen LogP contribution in [-0.2, 0) is 4.74 Å². The number of hydrogen-bond acceptors (Lipinski definition) is 5. The summed E-state index contributed by atoms with van der Waals surface area (Å²) in [6.07, 6.45) is 9.51. The lowest BCUT2D eigenvalue weighted by atomic mass is 9.83. The molecular formula is C15H23N5O. The van der Waals surface area contributed by atoms with Gasteiger partial charge in [-0.05, 0) is 31.6 Å². The Morgan fingerprint density at radius 2 is 2.14 bits per heavy atom. The maximum atomic E-state index is 5.56. The van der Waals surface area contributed by atoms with E-state index in [1.165, 1.54) is 25.7 Å². The summed E-state index contributed by atoms with van der Waals surface area (Å²) < 4.78 is 5.56. The summed E-state index contributed by atoms with van der Waals surface area (Å²) in [5.41, 5.74) is 1.93. The molecule has 0 aliphatic heterocycles. The lowest BCUT2D eigenvalue weighted by Crippen LogP contribution is -2.28. The van der Waals surface area contributed by atoms with E-state index in [-0.39, 0.29) is 0 Å². The molecule has 6 nitrogen and oxygen atoms in total. The van der Waals surface area contributed by atoms with Crippen molar-refractivity contribution in [1.29, 1.82) is 0 Å². The molecule has 0 saturated heterocycles. The number of anilines is 1. The fraction of sp³-hybridized carbons (Fsp3) is 0.667. The molecular weight excluding hydrogens is 266 g/mol. The van der Waals surface area contributed by atoms with Crippen LogP contribution in [0.25, 0.3) is 11.2 Å². The Labute approximate surface area is 124 Å². The summed E-state index contributed by atoms with van der Waals surface area (Å²) in [6, 6.07) is 0. The minimum absolute atomic E-state index is 0.340. The molecule has 6 heteroatoms. The number of rotatable bonds is 7. The molecule has 1 fully saturated rings. The molecule has 21 heavy (non-hydrogen) atoms. The third-order valence-electron chi connectivity index (χ3n) is 4.50. The minimum Gasteiger partial charge on any atom is -0.382 e. The van der Waals surface area contributed by atoms with Crippen LogP contribution in [-0.4, -0.2) is 39.7 Å². The van der Waals surface area contributed by atoms with Gasteiger partial charge in [0.1, 0.15) is 11.8 Å². The lowest BCUT2D eigenvalue weighted by molar-refractivity contribution is 0.108. The van der Waals surface area contributed by atoms with Crippen LogP contribution in [0.2, 0.25) is 0 Å². The van der Waals surface area contributed by atoms with Gasteiger partial charge in [-0.15, -0.1) is 0 Å². The predicted molar refractivity (Wildman–Crippen MR) is 82.2 cm³/mol. The van der Waals surface area contributed by atoms with E-state index in [1.54, 1.807) is 12.7 Å². The number of fused-ring (bicyclic) bond motifs is 1. The van der Waals surface area contributed by atoms with Crippen LogP contribution in [0.1, 0.15) is 39.0 Å². The summed E-state index contributed by atoms with van der Waals surface area (Å²) in [7, 11) is 0. The monoisotopic (exact) mass is 289 g/mol. The number of nitrogens with one attached hydrogen (secondary N) is 2. The largest absolute Gasteiger partial charge is 0.382 e. The third kappa shape index (κ3) is 3.15. The number of imidazole rings is 1. The Bertz CT molecular complexity index is 576. The SMILES string of the molecule is CCOCCC1(CNc2ncnc3nc[nH]c23)CCCC1. The van der Waals surface area contributed by atoms with Crippen LogP contribution in [0.3, 0.4) is 0 Å². The summed E-state index contributed by atoms with van der Waals surface area (Å²) >= 11 is 0. The molecule has 1 aliphatic rings. The van der Waals surface area contributed by atoms with Gasteiger partial charge in [0.05, 0.1) is 6.33 Å². The van der Waals surface area contributed by atoms with Crippen molar-refractivity contribution in [3.8, 4) is 0 Å². The van der Waals surface area contributed by atoms with Crippen LogP contribution >= 0.6 is 0 Å². The van der Waals surface area contributed by atoms with Crippen LogP contribution in [0.15, 0.2) is 12.7 Å². The van der Waals surface area contributed by atoms with Crippen molar-refractivity contribution in [3.05, 3.63) is 12.7 Å². The molecule has 0 unspecified atom stereocenters. The Morgan fingerprint density at radius 3 is 2.95 bits per heavy atom. The highest BCUT2D eigenvalue weighted by molar-refractivity contribution is 5.81. The second-order valence-corrected chi connectivity index (χ2v) is 5.83. The first-order valence-electron chi connectivity index (χ1n) is 7.79. The molecule has 2 heterocycles. The van der Waals surface area contributed by atoms with Crippen LogP contribution in [0.5, 0.6) is 0 Å². The van der Waals surface area contributed by atoms with E-state index >= 15 is 0 Å². The van der Waals surface area contributed by atoms with Gasteiger partial charge in [-0.2, -0.15) is 0 Å². The standard InChI is InChI=1S/C15H23N5O/c1-2-21-8-7-15(5-3-4-6-15)9-16-13-12-14(18-10-17-12)20-11-19-13/h10-11H,2-9H2,1H3,(H2,16,17,18,19,20). The molecule has 3 rings (SSSR count). The number of aromatic amines is 1. The van der Waals surface area contributed by atoms with Crippen LogP contribution in [0.4, 0.5) is 5.82 Å². The summed E-state index contributed by atoms with van der Waals surface area (Å²) in [5.74, 6) is 0.847. The molecule has 2 N–H and O–H groups in total. The molecule has 0 spiro atoms. The summed E-state index contributed by atoms with van der Waals surface area (Å²) in [4.78, 5) is 15.8. The Kier molecular flexibility index (Phi) is 4.34. The second kappa shape index (κ2) is 6.39. The van der Waals surface area contributed by atoms with Gasteiger partial charge in [0.15, 0.2) is 11.5 Å². The Morgan fingerprint density at radius 1 is 1.29 bits per heavy atom.